The SMILES string of the molecule is CC(=O)N1CCCC(O)(C(=O)N2CCCN(c3ccccc3)CC2)C1. The number of para-hydroxylation sites is 1. The van der Waals surface area contributed by atoms with E-state index in [2.05, 4.69) is 17.0 Å². The number of hydrogen-bond acceptors (Lipinski definition) is 4. The second-order valence-electron chi connectivity index (χ2n) is 7.04. The summed E-state index contributed by atoms with van der Waals surface area (Å²) in [6.45, 7) is 5.10. The van der Waals surface area contributed by atoms with E-state index in [0.717, 1.165) is 25.2 Å². The van der Waals surface area contributed by atoms with E-state index in [4.69, 9.17) is 0 Å². The maximum atomic E-state index is 13.0. The minimum absolute atomic E-state index is 0.0861. The number of likely N-dealkylation sites (tertiary alicyclic amines) is 1. The van der Waals surface area contributed by atoms with Crippen LogP contribution in [0.1, 0.15) is 26.2 Å². The molecule has 1 atom stereocenters. The van der Waals surface area contributed by atoms with Gasteiger partial charge in [0.05, 0.1) is 6.54 Å². The number of aliphatic hydroxyl groups is 1. The molecule has 1 aromatic rings. The van der Waals surface area contributed by atoms with Crippen molar-refractivity contribution in [1.82, 2.24) is 9.80 Å². The van der Waals surface area contributed by atoms with Crippen LogP contribution in [0.2, 0.25) is 0 Å². The summed E-state index contributed by atoms with van der Waals surface area (Å²) >= 11 is 0. The standard InChI is InChI=1S/C19H27N3O3/c1-16(23)22-10-5-9-19(25,15-22)18(24)21-12-6-11-20(13-14-21)17-7-3-2-4-8-17/h2-4,7-8,25H,5-6,9-15H2,1H3. The first kappa shape index (κ1) is 17.7. The van der Waals surface area contributed by atoms with E-state index >= 15 is 0 Å². The topological polar surface area (TPSA) is 64.1 Å². The van der Waals surface area contributed by atoms with Gasteiger partial charge in [0.1, 0.15) is 0 Å². The molecule has 0 saturated carbocycles. The number of piperidine rings is 1. The molecule has 6 nitrogen and oxygen atoms in total. The third-order valence-corrected chi connectivity index (χ3v) is 5.22. The highest BCUT2D eigenvalue weighted by atomic mass is 16.3. The molecule has 0 radical (unpaired) electrons. The summed E-state index contributed by atoms with van der Waals surface area (Å²) in [5, 5.41) is 10.9. The molecule has 6 heteroatoms. The monoisotopic (exact) mass is 345 g/mol. The van der Waals surface area contributed by atoms with E-state index in [0.29, 0.717) is 32.5 Å². The normalized spacial score (nSPS) is 24.8. The van der Waals surface area contributed by atoms with E-state index in [1.165, 1.54) is 6.92 Å². The van der Waals surface area contributed by atoms with E-state index in [1.54, 1.807) is 9.80 Å². The lowest BCUT2D eigenvalue weighted by Gasteiger charge is -2.40. The molecule has 0 bridgehead atoms. The fourth-order valence-electron chi connectivity index (χ4n) is 3.79. The van der Waals surface area contributed by atoms with Gasteiger partial charge in [-0.05, 0) is 31.4 Å². The van der Waals surface area contributed by atoms with Crippen LogP contribution in [0.5, 0.6) is 0 Å². The van der Waals surface area contributed by atoms with Crippen LogP contribution in [0.25, 0.3) is 0 Å². The van der Waals surface area contributed by atoms with Crippen LogP contribution in [0, 0.1) is 0 Å². The Morgan fingerprint density at radius 2 is 1.68 bits per heavy atom. The fourth-order valence-corrected chi connectivity index (χ4v) is 3.79. The van der Waals surface area contributed by atoms with Crippen LogP contribution >= 0.6 is 0 Å². The van der Waals surface area contributed by atoms with Crippen LogP contribution in [-0.2, 0) is 9.59 Å². The molecule has 2 aliphatic rings. The lowest BCUT2D eigenvalue weighted by atomic mass is 9.91. The Morgan fingerprint density at radius 1 is 0.960 bits per heavy atom. The van der Waals surface area contributed by atoms with Gasteiger partial charge >= 0.3 is 0 Å². The number of hydrogen-bond donors (Lipinski definition) is 1. The minimum atomic E-state index is -1.44. The molecule has 2 amide bonds. The number of nitrogens with zero attached hydrogens (tertiary/aromatic N) is 3. The zero-order chi connectivity index (χ0) is 17.9. The Morgan fingerprint density at radius 3 is 2.40 bits per heavy atom. The largest absolute Gasteiger partial charge is 0.378 e. The zero-order valence-electron chi connectivity index (χ0n) is 14.9. The highest BCUT2D eigenvalue weighted by molar-refractivity contribution is 5.86. The van der Waals surface area contributed by atoms with Gasteiger partial charge in [0.2, 0.25) is 5.91 Å². The van der Waals surface area contributed by atoms with E-state index < -0.39 is 5.60 Å². The van der Waals surface area contributed by atoms with Crippen LogP contribution in [0.3, 0.4) is 0 Å². The van der Waals surface area contributed by atoms with Crippen LogP contribution in [-0.4, -0.2) is 71.6 Å². The molecule has 2 aliphatic heterocycles. The maximum Gasteiger partial charge on any atom is 0.256 e. The average molecular weight is 345 g/mol. The first-order valence-electron chi connectivity index (χ1n) is 9.07. The summed E-state index contributed by atoms with van der Waals surface area (Å²) in [7, 11) is 0. The Kier molecular flexibility index (Phi) is 5.27. The summed E-state index contributed by atoms with van der Waals surface area (Å²) in [5.74, 6) is -0.314. The average Bonchev–Trinajstić information content (AvgIpc) is 2.88. The molecule has 0 aliphatic carbocycles. The van der Waals surface area contributed by atoms with Crippen LogP contribution < -0.4 is 4.90 Å². The number of benzene rings is 1. The lowest BCUT2D eigenvalue weighted by Crippen LogP contribution is -2.59. The van der Waals surface area contributed by atoms with Gasteiger partial charge in [0.25, 0.3) is 5.91 Å². The van der Waals surface area contributed by atoms with Gasteiger partial charge < -0.3 is 19.8 Å². The number of rotatable bonds is 2. The van der Waals surface area contributed by atoms with E-state index in [1.807, 2.05) is 18.2 Å². The molecule has 25 heavy (non-hydrogen) atoms. The van der Waals surface area contributed by atoms with Gasteiger partial charge in [-0.3, -0.25) is 9.59 Å². The maximum absolute atomic E-state index is 13.0. The highest BCUT2D eigenvalue weighted by Crippen LogP contribution is 2.25. The Bertz CT molecular complexity index is 622. The van der Waals surface area contributed by atoms with Crippen molar-refractivity contribution < 1.29 is 14.7 Å². The zero-order valence-corrected chi connectivity index (χ0v) is 14.9. The minimum Gasteiger partial charge on any atom is -0.378 e. The molecule has 1 N–H and O–H groups in total. The third-order valence-electron chi connectivity index (χ3n) is 5.22. The quantitative estimate of drug-likeness (QED) is 0.872. The molecule has 0 aromatic heterocycles. The van der Waals surface area contributed by atoms with Gasteiger partial charge in [0.15, 0.2) is 5.60 Å². The number of carbonyl (C=O) groups excluding carboxylic acids is 2. The molecule has 3 rings (SSSR count). The molecule has 0 spiro atoms. The fraction of sp³-hybridized carbons (Fsp3) is 0.579. The van der Waals surface area contributed by atoms with Crippen molar-refractivity contribution in [2.75, 3.05) is 44.2 Å². The summed E-state index contributed by atoms with van der Waals surface area (Å²) in [6, 6.07) is 10.2. The summed E-state index contributed by atoms with van der Waals surface area (Å²) in [6.07, 6.45) is 1.95. The summed E-state index contributed by atoms with van der Waals surface area (Å²) in [4.78, 5) is 30.2. The van der Waals surface area contributed by atoms with Gasteiger partial charge in [-0.25, -0.2) is 0 Å². The smallest absolute Gasteiger partial charge is 0.256 e. The van der Waals surface area contributed by atoms with Crippen molar-refractivity contribution in [3.63, 3.8) is 0 Å². The van der Waals surface area contributed by atoms with Gasteiger partial charge in [-0.15, -0.1) is 0 Å². The van der Waals surface area contributed by atoms with Gasteiger partial charge in [-0.2, -0.15) is 0 Å². The molecular weight excluding hydrogens is 318 g/mol. The van der Waals surface area contributed by atoms with E-state index in [9.17, 15) is 14.7 Å². The molecule has 2 fully saturated rings. The number of carbonyl (C=O) groups is 2. The van der Waals surface area contributed by atoms with Crippen molar-refractivity contribution >= 4 is 17.5 Å². The number of β-amino-alcohol motifs (C(OH)–C–C–N with tert-alkyl or cyclic N) is 1. The first-order valence-corrected chi connectivity index (χ1v) is 9.07. The molecule has 1 aromatic carbocycles. The number of anilines is 1. The van der Waals surface area contributed by atoms with Crippen molar-refractivity contribution in [1.29, 1.82) is 0 Å². The van der Waals surface area contributed by atoms with Crippen molar-refractivity contribution in [2.24, 2.45) is 0 Å². The highest BCUT2D eigenvalue weighted by Gasteiger charge is 2.43. The molecule has 2 heterocycles. The van der Waals surface area contributed by atoms with Crippen LogP contribution in [0.15, 0.2) is 30.3 Å². The molecule has 136 valence electrons. The number of amides is 2. The lowest BCUT2D eigenvalue weighted by molar-refractivity contribution is -0.159. The van der Waals surface area contributed by atoms with Crippen molar-refractivity contribution in [3.05, 3.63) is 30.3 Å². The molecule has 2 saturated heterocycles. The van der Waals surface area contributed by atoms with Gasteiger partial charge in [0, 0.05) is 45.3 Å². The second kappa shape index (κ2) is 7.44. The predicted molar refractivity (Wildman–Crippen MR) is 96.3 cm³/mol. The summed E-state index contributed by atoms with van der Waals surface area (Å²) in [5.41, 5.74) is -0.276. The molecular formula is C19H27N3O3. The van der Waals surface area contributed by atoms with Crippen molar-refractivity contribution in [2.45, 2.75) is 31.8 Å². The van der Waals surface area contributed by atoms with Crippen LogP contribution in [0.4, 0.5) is 5.69 Å². The first-order chi connectivity index (χ1) is 12.0. The van der Waals surface area contributed by atoms with Gasteiger partial charge in [-0.1, -0.05) is 18.2 Å². The van der Waals surface area contributed by atoms with Crippen molar-refractivity contribution in [3.8, 4) is 0 Å². The second-order valence-corrected chi connectivity index (χ2v) is 7.04. The summed E-state index contributed by atoms with van der Waals surface area (Å²) < 4.78 is 0. The third kappa shape index (κ3) is 3.95. The Labute approximate surface area is 149 Å². The predicted octanol–water partition coefficient (Wildman–Crippen LogP) is 1.10. The van der Waals surface area contributed by atoms with E-state index in [-0.39, 0.29) is 18.4 Å². The Balaban J connectivity index is 1.65. The molecule has 1 unspecified atom stereocenters. The Hall–Kier alpha value is -2.08.